The molecule has 0 fully saturated rings. The number of hydrogen-bond donors (Lipinski definition) is 1. The van der Waals surface area contributed by atoms with Crippen LogP contribution in [-0.2, 0) is 6.42 Å². The van der Waals surface area contributed by atoms with Crippen molar-refractivity contribution in [3.05, 3.63) is 52.1 Å². The summed E-state index contributed by atoms with van der Waals surface area (Å²) >= 11 is 3.20. The van der Waals surface area contributed by atoms with Gasteiger partial charge in [-0.2, -0.15) is 0 Å². The third-order valence-electron chi connectivity index (χ3n) is 3.02. The molecule has 0 radical (unpaired) electrons. The van der Waals surface area contributed by atoms with Gasteiger partial charge < -0.3 is 10.1 Å². The van der Waals surface area contributed by atoms with Gasteiger partial charge in [-0.15, -0.1) is 0 Å². The first kappa shape index (κ1) is 14.9. The van der Waals surface area contributed by atoms with Gasteiger partial charge in [0.05, 0.1) is 11.6 Å². The SMILES string of the molecule is CNC(Cc1cc(OC)ncn1)c1ccc(F)c(Br)c1. The van der Waals surface area contributed by atoms with Gasteiger partial charge >= 0.3 is 0 Å². The van der Waals surface area contributed by atoms with Crippen LogP contribution >= 0.6 is 15.9 Å². The Morgan fingerprint density at radius 2 is 2.15 bits per heavy atom. The van der Waals surface area contributed by atoms with Gasteiger partial charge in [-0.3, -0.25) is 0 Å². The van der Waals surface area contributed by atoms with Gasteiger partial charge in [0.1, 0.15) is 12.1 Å². The Morgan fingerprint density at radius 3 is 2.80 bits per heavy atom. The zero-order chi connectivity index (χ0) is 14.5. The van der Waals surface area contributed by atoms with Gasteiger partial charge in [0.2, 0.25) is 5.88 Å². The molecule has 0 saturated heterocycles. The second kappa shape index (κ2) is 6.76. The maximum atomic E-state index is 13.3. The van der Waals surface area contributed by atoms with Gasteiger partial charge in [-0.25, -0.2) is 14.4 Å². The first-order valence-corrected chi connectivity index (χ1v) is 6.90. The lowest BCUT2D eigenvalue weighted by molar-refractivity contribution is 0.395. The van der Waals surface area contributed by atoms with E-state index in [0.29, 0.717) is 16.8 Å². The molecule has 0 aliphatic rings. The van der Waals surface area contributed by atoms with Crippen LogP contribution in [0.5, 0.6) is 5.88 Å². The maximum Gasteiger partial charge on any atom is 0.216 e. The van der Waals surface area contributed by atoms with Crippen molar-refractivity contribution in [2.75, 3.05) is 14.2 Å². The molecular formula is C14H15BrFN3O. The summed E-state index contributed by atoms with van der Waals surface area (Å²) in [7, 11) is 3.43. The van der Waals surface area contributed by atoms with Crippen LogP contribution in [0.2, 0.25) is 0 Å². The van der Waals surface area contributed by atoms with Crippen LogP contribution < -0.4 is 10.1 Å². The Bertz CT molecular complexity index is 594. The second-order valence-electron chi connectivity index (χ2n) is 4.27. The van der Waals surface area contributed by atoms with Gasteiger partial charge in [0.15, 0.2) is 0 Å². The number of halogens is 2. The van der Waals surface area contributed by atoms with E-state index in [1.54, 1.807) is 25.3 Å². The number of nitrogens with one attached hydrogen (secondary N) is 1. The van der Waals surface area contributed by atoms with E-state index in [9.17, 15) is 4.39 Å². The molecule has 20 heavy (non-hydrogen) atoms. The minimum absolute atomic E-state index is 0.0338. The number of benzene rings is 1. The lowest BCUT2D eigenvalue weighted by Crippen LogP contribution is -2.19. The minimum Gasteiger partial charge on any atom is -0.481 e. The summed E-state index contributed by atoms with van der Waals surface area (Å²) in [6.07, 6.45) is 2.13. The Morgan fingerprint density at radius 1 is 1.35 bits per heavy atom. The topological polar surface area (TPSA) is 47.0 Å². The van der Waals surface area contributed by atoms with E-state index in [1.807, 2.05) is 7.05 Å². The van der Waals surface area contributed by atoms with E-state index in [2.05, 4.69) is 31.2 Å². The van der Waals surface area contributed by atoms with Crippen LogP contribution in [0.25, 0.3) is 0 Å². The number of rotatable bonds is 5. The first-order valence-electron chi connectivity index (χ1n) is 6.11. The molecule has 1 aromatic heterocycles. The third-order valence-corrected chi connectivity index (χ3v) is 3.62. The molecule has 0 amide bonds. The third kappa shape index (κ3) is 3.52. The van der Waals surface area contributed by atoms with Gasteiger partial charge in [-0.05, 0) is 40.7 Å². The molecule has 2 rings (SSSR count). The van der Waals surface area contributed by atoms with Crippen molar-refractivity contribution in [2.45, 2.75) is 12.5 Å². The van der Waals surface area contributed by atoms with Crippen LogP contribution in [0.15, 0.2) is 35.1 Å². The molecule has 1 atom stereocenters. The summed E-state index contributed by atoms with van der Waals surface area (Å²) in [5, 5.41) is 3.21. The zero-order valence-corrected chi connectivity index (χ0v) is 12.8. The summed E-state index contributed by atoms with van der Waals surface area (Å²) in [4.78, 5) is 8.20. The zero-order valence-electron chi connectivity index (χ0n) is 11.2. The fourth-order valence-corrected chi connectivity index (χ4v) is 2.32. The molecule has 4 nitrogen and oxygen atoms in total. The molecule has 6 heteroatoms. The molecule has 0 aliphatic carbocycles. The summed E-state index contributed by atoms with van der Waals surface area (Å²) in [6, 6.07) is 6.81. The van der Waals surface area contributed by atoms with Crippen molar-refractivity contribution in [1.82, 2.24) is 15.3 Å². The number of methoxy groups -OCH3 is 1. The molecule has 1 unspecified atom stereocenters. The van der Waals surface area contributed by atoms with Crippen molar-refractivity contribution in [3.8, 4) is 5.88 Å². The van der Waals surface area contributed by atoms with E-state index in [0.717, 1.165) is 11.3 Å². The number of aromatic nitrogens is 2. The lowest BCUT2D eigenvalue weighted by atomic mass is 10.0. The summed E-state index contributed by atoms with van der Waals surface area (Å²) in [5.74, 6) is 0.262. The molecule has 0 bridgehead atoms. The second-order valence-corrected chi connectivity index (χ2v) is 5.12. The van der Waals surface area contributed by atoms with Gasteiger partial charge in [0, 0.05) is 24.2 Å². The van der Waals surface area contributed by atoms with Crippen LogP contribution in [-0.4, -0.2) is 24.1 Å². The maximum absolute atomic E-state index is 13.3. The molecule has 0 saturated carbocycles. The Labute approximate surface area is 125 Å². The van der Waals surface area contributed by atoms with Crippen LogP contribution in [0.1, 0.15) is 17.3 Å². The number of nitrogens with zero attached hydrogens (tertiary/aromatic N) is 2. The standard InChI is InChI=1S/C14H15BrFN3O/c1-17-13(9-3-4-12(16)11(15)5-9)6-10-7-14(20-2)19-8-18-10/h3-5,7-8,13,17H,6H2,1-2H3. The highest BCUT2D eigenvalue weighted by Crippen LogP contribution is 2.23. The van der Waals surface area contributed by atoms with Crippen molar-refractivity contribution >= 4 is 15.9 Å². The minimum atomic E-state index is -0.271. The van der Waals surface area contributed by atoms with Crippen LogP contribution in [0.4, 0.5) is 4.39 Å². The summed E-state index contributed by atoms with van der Waals surface area (Å²) < 4.78 is 18.8. The van der Waals surface area contributed by atoms with Gasteiger partial charge in [0.25, 0.3) is 0 Å². The number of hydrogen-bond acceptors (Lipinski definition) is 4. The van der Waals surface area contributed by atoms with Crippen molar-refractivity contribution < 1.29 is 9.13 Å². The van der Waals surface area contributed by atoms with Crippen LogP contribution in [0.3, 0.4) is 0 Å². The quantitative estimate of drug-likeness (QED) is 0.909. The van der Waals surface area contributed by atoms with E-state index in [1.165, 1.54) is 12.4 Å². The fraction of sp³-hybridized carbons (Fsp3) is 0.286. The Balaban J connectivity index is 2.21. The van der Waals surface area contributed by atoms with E-state index in [-0.39, 0.29) is 11.9 Å². The van der Waals surface area contributed by atoms with E-state index in [4.69, 9.17) is 4.74 Å². The van der Waals surface area contributed by atoms with Crippen molar-refractivity contribution in [3.63, 3.8) is 0 Å². The largest absolute Gasteiger partial charge is 0.481 e. The van der Waals surface area contributed by atoms with Crippen molar-refractivity contribution in [1.29, 1.82) is 0 Å². The number of ether oxygens (including phenoxy) is 1. The molecule has 1 N–H and O–H groups in total. The molecule has 0 aliphatic heterocycles. The molecule has 2 aromatic rings. The lowest BCUT2D eigenvalue weighted by Gasteiger charge is -2.17. The Hall–Kier alpha value is -1.53. The molecule has 106 valence electrons. The fourth-order valence-electron chi connectivity index (χ4n) is 1.93. The summed E-state index contributed by atoms with van der Waals surface area (Å²) in [5.41, 5.74) is 1.84. The predicted octanol–water partition coefficient (Wildman–Crippen LogP) is 2.89. The van der Waals surface area contributed by atoms with Crippen molar-refractivity contribution in [2.24, 2.45) is 0 Å². The number of likely N-dealkylation sites (N-methyl/N-ethyl adjacent to an activating group) is 1. The molecular weight excluding hydrogens is 325 g/mol. The smallest absolute Gasteiger partial charge is 0.216 e. The highest BCUT2D eigenvalue weighted by molar-refractivity contribution is 9.10. The summed E-state index contributed by atoms with van der Waals surface area (Å²) in [6.45, 7) is 0. The average molecular weight is 340 g/mol. The highest BCUT2D eigenvalue weighted by atomic mass is 79.9. The van der Waals surface area contributed by atoms with Gasteiger partial charge in [-0.1, -0.05) is 6.07 Å². The molecule has 1 heterocycles. The average Bonchev–Trinajstić information content (AvgIpc) is 2.48. The van der Waals surface area contributed by atoms with Crippen LogP contribution in [0, 0.1) is 5.82 Å². The molecule has 1 aromatic carbocycles. The normalized spacial score (nSPS) is 12.2. The molecule has 0 spiro atoms. The Kier molecular flexibility index (Phi) is 5.03. The monoisotopic (exact) mass is 339 g/mol. The highest BCUT2D eigenvalue weighted by Gasteiger charge is 2.13. The van der Waals surface area contributed by atoms with E-state index < -0.39 is 0 Å². The van der Waals surface area contributed by atoms with E-state index >= 15 is 0 Å². The predicted molar refractivity (Wildman–Crippen MR) is 78.2 cm³/mol. The first-order chi connectivity index (χ1) is 9.63.